The van der Waals surface area contributed by atoms with Gasteiger partial charge in [0.1, 0.15) is 5.58 Å². The van der Waals surface area contributed by atoms with Crippen molar-refractivity contribution in [3.8, 4) is 0 Å². The number of carbonyl (C=O) groups is 1. The van der Waals surface area contributed by atoms with Crippen molar-refractivity contribution in [2.24, 2.45) is 0 Å². The van der Waals surface area contributed by atoms with Crippen LogP contribution in [-0.4, -0.2) is 10.4 Å². The first kappa shape index (κ1) is 22.7. The lowest BCUT2D eigenvalue weighted by molar-refractivity contribution is -0.664. The SMILES string of the molecule is Cc1n(C(c2ccccc2)c2cc3ccccc3oc2=O)c2ccccc2[n+]1CC(=O)c1ccccc1. The Labute approximate surface area is 213 Å². The number of nitrogens with zero attached hydrogens (tertiary/aromatic N) is 2. The van der Waals surface area contributed by atoms with Crippen LogP contribution in [0.1, 0.15) is 33.4 Å². The van der Waals surface area contributed by atoms with Gasteiger partial charge in [0.2, 0.25) is 5.78 Å². The molecule has 0 aliphatic heterocycles. The molecule has 1 atom stereocenters. The van der Waals surface area contributed by atoms with Crippen molar-refractivity contribution in [3.63, 3.8) is 0 Å². The Morgan fingerprint density at radius 2 is 1.49 bits per heavy atom. The van der Waals surface area contributed by atoms with E-state index in [0.717, 1.165) is 27.8 Å². The molecule has 2 aromatic heterocycles. The Morgan fingerprint density at radius 3 is 2.27 bits per heavy atom. The second kappa shape index (κ2) is 9.36. The van der Waals surface area contributed by atoms with Gasteiger partial charge in [-0.2, -0.15) is 0 Å². The molecule has 0 radical (unpaired) electrons. The summed E-state index contributed by atoms with van der Waals surface area (Å²) < 4.78 is 9.94. The second-order valence-electron chi connectivity index (χ2n) is 9.12. The lowest BCUT2D eigenvalue weighted by Gasteiger charge is -2.16. The Morgan fingerprint density at radius 1 is 0.838 bits per heavy atom. The molecule has 5 heteroatoms. The summed E-state index contributed by atoms with van der Waals surface area (Å²) in [5.74, 6) is 0.893. The molecule has 0 N–H and O–H groups in total. The van der Waals surface area contributed by atoms with Crippen molar-refractivity contribution in [2.45, 2.75) is 19.5 Å². The minimum absolute atomic E-state index is 0.0260. The third-order valence-corrected chi connectivity index (χ3v) is 6.91. The Kier molecular flexibility index (Phi) is 5.73. The first-order valence-corrected chi connectivity index (χ1v) is 12.3. The van der Waals surface area contributed by atoms with Crippen LogP contribution in [0, 0.1) is 6.92 Å². The van der Waals surface area contributed by atoms with E-state index < -0.39 is 6.04 Å². The van der Waals surface area contributed by atoms with E-state index in [9.17, 15) is 9.59 Å². The van der Waals surface area contributed by atoms with Crippen molar-refractivity contribution in [1.82, 2.24) is 4.57 Å². The normalized spacial score (nSPS) is 12.1. The monoisotopic (exact) mass is 485 g/mol. The third-order valence-electron chi connectivity index (χ3n) is 6.91. The summed E-state index contributed by atoms with van der Waals surface area (Å²) in [4.78, 5) is 26.6. The van der Waals surface area contributed by atoms with Crippen LogP contribution in [0.2, 0.25) is 0 Å². The molecule has 0 spiro atoms. The van der Waals surface area contributed by atoms with Crippen LogP contribution in [0.25, 0.3) is 22.0 Å². The van der Waals surface area contributed by atoms with Gasteiger partial charge in [-0.05, 0) is 24.3 Å². The first-order chi connectivity index (χ1) is 18.1. The van der Waals surface area contributed by atoms with Gasteiger partial charge in [0, 0.05) is 23.4 Å². The maximum atomic E-state index is 13.4. The van der Waals surface area contributed by atoms with Gasteiger partial charge in [-0.3, -0.25) is 4.79 Å². The average molecular weight is 486 g/mol. The fourth-order valence-electron chi connectivity index (χ4n) is 5.13. The number of rotatable bonds is 6. The van der Waals surface area contributed by atoms with Crippen LogP contribution in [0.15, 0.2) is 124 Å². The van der Waals surface area contributed by atoms with Crippen LogP contribution >= 0.6 is 0 Å². The topological polar surface area (TPSA) is 56.1 Å². The molecule has 4 aromatic carbocycles. The highest BCUT2D eigenvalue weighted by Crippen LogP contribution is 2.31. The molecule has 0 aliphatic rings. The number of para-hydroxylation sites is 3. The van der Waals surface area contributed by atoms with E-state index in [1.54, 1.807) is 6.07 Å². The van der Waals surface area contributed by atoms with E-state index >= 15 is 0 Å². The molecule has 180 valence electrons. The van der Waals surface area contributed by atoms with Crippen molar-refractivity contribution in [1.29, 1.82) is 0 Å². The fraction of sp³-hybridized carbons (Fsp3) is 0.0938. The Bertz CT molecular complexity index is 1800. The number of ketones is 1. The zero-order chi connectivity index (χ0) is 25.4. The highest BCUT2D eigenvalue weighted by molar-refractivity contribution is 5.95. The van der Waals surface area contributed by atoms with E-state index in [1.807, 2.05) is 121 Å². The standard InChI is InChI=1S/C32H25N2O3/c1-22-33(21-29(35)23-12-4-2-5-13-23)27-17-9-10-18-28(27)34(22)31(24-14-6-3-7-15-24)26-20-25-16-8-11-19-30(25)37-32(26)36/h2-20,31H,21H2,1H3/q+1. The van der Waals surface area contributed by atoms with E-state index in [-0.39, 0.29) is 18.0 Å². The lowest BCUT2D eigenvalue weighted by Crippen LogP contribution is -2.41. The number of hydrogen-bond acceptors (Lipinski definition) is 3. The predicted octanol–water partition coefficient (Wildman–Crippen LogP) is 5.86. The number of carbonyl (C=O) groups excluding carboxylic acids is 1. The van der Waals surface area contributed by atoms with Gasteiger partial charge in [-0.1, -0.05) is 91.0 Å². The van der Waals surface area contributed by atoms with Gasteiger partial charge < -0.3 is 4.42 Å². The molecule has 0 bridgehead atoms. The van der Waals surface area contributed by atoms with Gasteiger partial charge in [0.05, 0.1) is 5.56 Å². The van der Waals surface area contributed by atoms with Crippen molar-refractivity contribution in [3.05, 3.63) is 148 Å². The molecule has 0 saturated carbocycles. The molecule has 5 nitrogen and oxygen atoms in total. The minimum atomic E-state index is -0.444. The van der Waals surface area contributed by atoms with Crippen LogP contribution < -0.4 is 10.2 Å². The molecule has 2 heterocycles. The van der Waals surface area contributed by atoms with E-state index in [1.165, 1.54) is 0 Å². The number of hydrogen-bond donors (Lipinski definition) is 0. The number of Topliss-reactive ketones (excluding diaryl/α,β-unsaturated/α-hetero) is 1. The zero-order valence-electron chi connectivity index (χ0n) is 20.4. The van der Waals surface area contributed by atoms with Gasteiger partial charge in [0.15, 0.2) is 23.6 Å². The average Bonchev–Trinajstić information content (AvgIpc) is 3.21. The molecular formula is C32H25N2O3+. The Balaban J connectivity index is 1.59. The highest BCUT2D eigenvalue weighted by atomic mass is 16.4. The molecule has 6 aromatic rings. The summed E-state index contributed by atoms with van der Waals surface area (Å²) >= 11 is 0. The number of benzene rings is 4. The summed E-state index contributed by atoms with van der Waals surface area (Å²) in [6, 6.07) is 36.3. The van der Waals surface area contributed by atoms with Gasteiger partial charge >= 0.3 is 5.63 Å². The maximum absolute atomic E-state index is 13.4. The molecule has 37 heavy (non-hydrogen) atoms. The van der Waals surface area contributed by atoms with Crippen LogP contribution in [0.5, 0.6) is 0 Å². The first-order valence-electron chi connectivity index (χ1n) is 12.3. The molecule has 0 saturated heterocycles. The summed E-state index contributed by atoms with van der Waals surface area (Å²) in [6.45, 7) is 2.19. The summed E-state index contributed by atoms with van der Waals surface area (Å²) in [5, 5.41) is 0.860. The maximum Gasteiger partial charge on any atom is 0.344 e. The number of fused-ring (bicyclic) bond motifs is 2. The zero-order valence-corrected chi connectivity index (χ0v) is 20.4. The molecule has 0 aliphatic carbocycles. The summed E-state index contributed by atoms with van der Waals surface area (Å²) in [6.07, 6.45) is 0. The second-order valence-corrected chi connectivity index (χ2v) is 9.12. The summed E-state index contributed by atoms with van der Waals surface area (Å²) in [5.41, 5.74) is 4.20. The van der Waals surface area contributed by atoms with Crippen LogP contribution in [0.3, 0.4) is 0 Å². The fourth-order valence-corrected chi connectivity index (χ4v) is 5.13. The van der Waals surface area contributed by atoms with Crippen LogP contribution in [0.4, 0.5) is 0 Å². The largest absolute Gasteiger partial charge is 0.422 e. The molecule has 1 unspecified atom stereocenters. The number of imidazole rings is 1. The number of aromatic nitrogens is 2. The lowest BCUT2D eigenvalue weighted by atomic mass is 9.98. The van der Waals surface area contributed by atoms with Crippen LogP contribution in [-0.2, 0) is 6.54 Å². The van der Waals surface area contributed by atoms with E-state index in [4.69, 9.17) is 4.42 Å². The molecule has 0 amide bonds. The quantitative estimate of drug-likeness (QED) is 0.169. The summed E-state index contributed by atoms with van der Waals surface area (Å²) in [7, 11) is 0. The predicted molar refractivity (Wildman–Crippen MR) is 144 cm³/mol. The Hall–Kier alpha value is -4.77. The molecule has 6 rings (SSSR count). The van der Waals surface area contributed by atoms with Crippen molar-refractivity contribution in [2.75, 3.05) is 0 Å². The van der Waals surface area contributed by atoms with E-state index in [2.05, 4.69) is 4.57 Å². The van der Waals surface area contributed by atoms with E-state index in [0.29, 0.717) is 16.7 Å². The van der Waals surface area contributed by atoms with Gasteiger partial charge in [-0.15, -0.1) is 0 Å². The minimum Gasteiger partial charge on any atom is -0.422 e. The van der Waals surface area contributed by atoms with Crippen molar-refractivity contribution >= 4 is 27.8 Å². The molecule has 0 fully saturated rings. The highest BCUT2D eigenvalue weighted by Gasteiger charge is 2.33. The third kappa shape index (κ3) is 4.04. The molecular weight excluding hydrogens is 460 g/mol. The van der Waals surface area contributed by atoms with Crippen molar-refractivity contribution < 1.29 is 13.8 Å². The van der Waals surface area contributed by atoms with Gasteiger partial charge in [-0.25, -0.2) is 13.9 Å². The smallest absolute Gasteiger partial charge is 0.344 e. The van der Waals surface area contributed by atoms with Gasteiger partial charge in [0.25, 0.3) is 5.82 Å².